The predicted molar refractivity (Wildman–Crippen MR) is 113 cm³/mol. The molecule has 2 aliphatic heterocycles. The van der Waals surface area contributed by atoms with Crippen LogP contribution in [0.5, 0.6) is 5.75 Å². The molecule has 0 aliphatic carbocycles. The summed E-state index contributed by atoms with van der Waals surface area (Å²) in [4.78, 5) is 30.8. The number of morpholine rings is 2. The average Bonchev–Trinajstić information content (AvgIpc) is 3.22. The molecule has 10 nitrogen and oxygen atoms in total. The largest absolute Gasteiger partial charge is 0.508 e. The molecule has 0 atom stereocenters. The van der Waals surface area contributed by atoms with Crippen LogP contribution in [0.2, 0.25) is 0 Å². The van der Waals surface area contributed by atoms with Crippen LogP contribution in [-0.2, 0) is 20.8 Å². The molecule has 2 fully saturated rings. The molecule has 2 saturated heterocycles. The standard InChI is InChI=1S/C21H24N6O4/c28-16-3-1-2-15(12-16)18-19-20(24-21(23-18)26-6-10-31-11-7-26)27(14-22-19)13-17(29)25-4-8-30-9-5-25/h1-3,12,14,28H,4-11,13H2. The highest BCUT2D eigenvalue weighted by atomic mass is 16.5. The second-order valence-corrected chi connectivity index (χ2v) is 7.56. The maximum absolute atomic E-state index is 12.8. The van der Waals surface area contributed by atoms with Crippen molar-refractivity contribution in [1.82, 2.24) is 24.4 Å². The molecule has 4 heterocycles. The van der Waals surface area contributed by atoms with Crippen LogP contribution in [0, 0.1) is 0 Å². The number of hydrogen-bond donors (Lipinski definition) is 1. The number of nitrogens with zero attached hydrogens (tertiary/aromatic N) is 6. The number of benzene rings is 1. The Balaban J connectivity index is 1.56. The van der Waals surface area contributed by atoms with Gasteiger partial charge in [-0.3, -0.25) is 4.79 Å². The summed E-state index contributed by atoms with van der Waals surface area (Å²) in [5.74, 6) is 0.724. The number of ether oxygens (including phenoxy) is 2. The van der Waals surface area contributed by atoms with E-state index < -0.39 is 0 Å². The Bertz CT molecular complexity index is 1090. The molecule has 10 heteroatoms. The first kappa shape index (κ1) is 19.7. The van der Waals surface area contributed by atoms with E-state index >= 15 is 0 Å². The van der Waals surface area contributed by atoms with Crippen molar-refractivity contribution in [3.05, 3.63) is 30.6 Å². The number of fused-ring (bicyclic) bond motifs is 1. The molecule has 162 valence electrons. The van der Waals surface area contributed by atoms with Gasteiger partial charge in [0.25, 0.3) is 0 Å². The van der Waals surface area contributed by atoms with Crippen molar-refractivity contribution >= 4 is 23.0 Å². The van der Waals surface area contributed by atoms with E-state index in [4.69, 9.17) is 19.4 Å². The van der Waals surface area contributed by atoms with Crippen molar-refractivity contribution in [2.75, 3.05) is 57.5 Å². The Morgan fingerprint density at radius 1 is 1.03 bits per heavy atom. The third-order valence-electron chi connectivity index (χ3n) is 5.53. The fourth-order valence-electron chi connectivity index (χ4n) is 3.87. The van der Waals surface area contributed by atoms with Gasteiger partial charge in [0.1, 0.15) is 23.5 Å². The van der Waals surface area contributed by atoms with E-state index in [1.54, 1.807) is 34.0 Å². The fraction of sp³-hybridized carbons (Fsp3) is 0.429. The lowest BCUT2D eigenvalue weighted by Gasteiger charge is -2.27. The minimum absolute atomic E-state index is 0.00744. The van der Waals surface area contributed by atoms with E-state index in [1.807, 2.05) is 6.07 Å². The van der Waals surface area contributed by atoms with Crippen LogP contribution in [0.3, 0.4) is 0 Å². The first-order valence-corrected chi connectivity index (χ1v) is 10.4. The van der Waals surface area contributed by atoms with Gasteiger partial charge < -0.3 is 28.9 Å². The summed E-state index contributed by atoms with van der Waals surface area (Å²) in [6, 6.07) is 6.92. The highest BCUT2D eigenvalue weighted by molar-refractivity contribution is 5.89. The maximum Gasteiger partial charge on any atom is 0.242 e. The maximum atomic E-state index is 12.8. The Labute approximate surface area is 179 Å². The minimum atomic E-state index is 0.00744. The van der Waals surface area contributed by atoms with Crippen molar-refractivity contribution in [2.24, 2.45) is 0 Å². The number of hydrogen-bond acceptors (Lipinski definition) is 8. The van der Waals surface area contributed by atoms with Crippen molar-refractivity contribution in [1.29, 1.82) is 0 Å². The summed E-state index contributed by atoms with van der Waals surface area (Å²) in [7, 11) is 0. The second kappa shape index (κ2) is 8.48. The monoisotopic (exact) mass is 424 g/mol. The third kappa shape index (κ3) is 4.04. The lowest BCUT2D eigenvalue weighted by Crippen LogP contribution is -2.42. The Morgan fingerprint density at radius 2 is 1.77 bits per heavy atom. The predicted octanol–water partition coefficient (Wildman–Crippen LogP) is 0.894. The van der Waals surface area contributed by atoms with Gasteiger partial charge in [-0.1, -0.05) is 12.1 Å². The van der Waals surface area contributed by atoms with Gasteiger partial charge in [-0.15, -0.1) is 0 Å². The zero-order valence-electron chi connectivity index (χ0n) is 17.1. The van der Waals surface area contributed by atoms with Gasteiger partial charge in [-0.25, -0.2) is 9.97 Å². The van der Waals surface area contributed by atoms with Crippen molar-refractivity contribution in [3.8, 4) is 17.0 Å². The number of rotatable bonds is 4. The zero-order chi connectivity index (χ0) is 21.2. The molecule has 0 unspecified atom stereocenters. The molecule has 2 aliphatic rings. The van der Waals surface area contributed by atoms with Crippen LogP contribution < -0.4 is 4.90 Å². The first-order chi connectivity index (χ1) is 15.2. The molecule has 0 radical (unpaired) electrons. The molecule has 0 bridgehead atoms. The van der Waals surface area contributed by atoms with E-state index in [-0.39, 0.29) is 18.2 Å². The molecule has 3 aromatic rings. The van der Waals surface area contributed by atoms with Crippen molar-refractivity contribution in [3.63, 3.8) is 0 Å². The van der Waals surface area contributed by atoms with Gasteiger partial charge in [0.2, 0.25) is 11.9 Å². The quantitative estimate of drug-likeness (QED) is 0.658. The number of anilines is 1. The van der Waals surface area contributed by atoms with Crippen LogP contribution in [0.25, 0.3) is 22.4 Å². The molecule has 5 rings (SSSR count). The molecule has 1 aromatic carbocycles. The molecule has 2 aromatic heterocycles. The minimum Gasteiger partial charge on any atom is -0.508 e. The van der Waals surface area contributed by atoms with Gasteiger partial charge in [-0.2, -0.15) is 4.98 Å². The molecule has 31 heavy (non-hydrogen) atoms. The number of aromatic hydroxyl groups is 1. The van der Waals surface area contributed by atoms with E-state index in [9.17, 15) is 9.90 Å². The molecule has 0 saturated carbocycles. The van der Waals surface area contributed by atoms with Gasteiger partial charge in [0.05, 0.1) is 32.8 Å². The van der Waals surface area contributed by atoms with Gasteiger partial charge in [0.15, 0.2) is 5.65 Å². The average molecular weight is 424 g/mol. The van der Waals surface area contributed by atoms with Crippen molar-refractivity contribution < 1.29 is 19.4 Å². The number of phenols is 1. The highest BCUT2D eigenvalue weighted by Crippen LogP contribution is 2.29. The fourth-order valence-corrected chi connectivity index (χ4v) is 3.87. The summed E-state index contributed by atoms with van der Waals surface area (Å²) in [6.45, 7) is 5.04. The van der Waals surface area contributed by atoms with Crippen LogP contribution in [0.15, 0.2) is 30.6 Å². The Morgan fingerprint density at radius 3 is 2.52 bits per heavy atom. The number of imidazole rings is 1. The first-order valence-electron chi connectivity index (χ1n) is 10.4. The summed E-state index contributed by atoms with van der Waals surface area (Å²) in [5, 5.41) is 9.98. The van der Waals surface area contributed by atoms with Crippen LogP contribution >= 0.6 is 0 Å². The van der Waals surface area contributed by atoms with Crippen LogP contribution in [0.1, 0.15) is 0 Å². The number of phenolic OH excluding ortho intramolecular Hbond substituents is 1. The van der Waals surface area contributed by atoms with E-state index in [2.05, 4.69) is 9.88 Å². The molecule has 0 spiro atoms. The molecule has 1 amide bonds. The van der Waals surface area contributed by atoms with Crippen LogP contribution in [0.4, 0.5) is 5.95 Å². The third-order valence-corrected chi connectivity index (χ3v) is 5.53. The highest BCUT2D eigenvalue weighted by Gasteiger charge is 2.22. The molecular formula is C21H24N6O4. The molecule has 1 N–H and O–H groups in total. The lowest BCUT2D eigenvalue weighted by atomic mass is 10.1. The summed E-state index contributed by atoms with van der Waals surface area (Å²) >= 11 is 0. The molecular weight excluding hydrogens is 400 g/mol. The smallest absolute Gasteiger partial charge is 0.242 e. The number of amides is 1. The van der Waals surface area contributed by atoms with Crippen LogP contribution in [-0.4, -0.2) is 88.0 Å². The number of carbonyl (C=O) groups excluding carboxylic acids is 1. The van der Waals surface area contributed by atoms with E-state index in [0.717, 1.165) is 5.56 Å². The Kier molecular flexibility index (Phi) is 5.39. The lowest BCUT2D eigenvalue weighted by molar-refractivity contribution is -0.135. The van der Waals surface area contributed by atoms with Gasteiger partial charge >= 0.3 is 0 Å². The van der Waals surface area contributed by atoms with E-state index in [0.29, 0.717) is 75.4 Å². The van der Waals surface area contributed by atoms with E-state index in [1.165, 1.54) is 0 Å². The topological polar surface area (TPSA) is 106 Å². The summed E-state index contributed by atoms with van der Waals surface area (Å²) in [5.41, 5.74) is 2.56. The van der Waals surface area contributed by atoms with Gasteiger partial charge in [-0.05, 0) is 12.1 Å². The number of aromatic nitrogens is 4. The summed E-state index contributed by atoms with van der Waals surface area (Å²) in [6.07, 6.45) is 1.63. The van der Waals surface area contributed by atoms with Gasteiger partial charge in [0, 0.05) is 31.7 Å². The normalized spacial score (nSPS) is 17.3. The Hall–Kier alpha value is -3.24. The summed E-state index contributed by atoms with van der Waals surface area (Å²) < 4.78 is 12.6. The second-order valence-electron chi connectivity index (χ2n) is 7.56. The zero-order valence-corrected chi connectivity index (χ0v) is 17.1. The number of carbonyl (C=O) groups is 1. The SMILES string of the molecule is O=C(Cn1cnc2c(-c3cccc(O)c3)nc(N3CCOCC3)nc21)N1CCOCC1. The van der Waals surface area contributed by atoms with Crippen molar-refractivity contribution in [2.45, 2.75) is 6.54 Å².